The predicted molar refractivity (Wildman–Crippen MR) is 97.8 cm³/mol. The molecular weight excluding hydrogens is 417 g/mol. The Hall–Kier alpha value is -0.940. The number of guanidine groups is 1. The Morgan fingerprint density at radius 2 is 2.23 bits per heavy atom. The summed E-state index contributed by atoms with van der Waals surface area (Å²) < 4.78 is 24.8. The number of pyridine rings is 1. The van der Waals surface area contributed by atoms with E-state index in [1.165, 1.54) is 4.31 Å². The molecule has 0 bridgehead atoms. The third-order valence-electron chi connectivity index (χ3n) is 3.24. The van der Waals surface area contributed by atoms with Gasteiger partial charge in [0.2, 0.25) is 10.0 Å². The van der Waals surface area contributed by atoms with Crippen molar-refractivity contribution in [2.24, 2.45) is 4.99 Å². The Labute approximate surface area is 148 Å². The van der Waals surface area contributed by atoms with Crippen molar-refractivity contribution in [3.8, 4) is 0 Å². The predicted octanol–water partition coefficient (Wildman–Crippen LogP) is 0.400. The lowest BCUT2D eigenvalue weighted by Crippen LogP contribution is -2.41. The number of hydrogen-bond donors (Lipinski definition) is 2. The summed E-state index contributed by atoms with van der Waals surface area (Å²) in [5, 5.41) is 6.25. The standard InChI is InChI=1S/C13H21N5O2S.HI/c1-14-13(17-11-12-5-2-3-6-15-12)16-7-9-18-8-4-10-21(18,19)20;/h2-3,5-6H,4,7-11H2,1H3,(H2,14,16,17);1H. The molecule has 9 heteroatoms. The molecule has 0 amide bonds. The summed E-state index contributed by atoms with van der Waals surface area (Å²) in [4.78, 5) is 8.32. The SMILES string of the molecule is CN=C(NCCN1CCCS1(=O)=O)NCc1ccccn1.I. The van der Waals surface area contributed by atoms with Crippen LogP contribution in [0.1, 0.15) is 12.1 Å². The molecule has 7 nitrogen and oxygen atoms in total. The molecule has 2 heterocycles. The Morgan fingerprint density at radius 1 is 1.41 bits per heavy atom. The topological polar surface area (TPSA) is 86.7 Å². The highest BCUT2D eigenvalue weighted by molar-refractivity contribution is 14.0. The molecular formula is C13H22IN5O2S. The van der Waals surface area contributed by atoms with Crippen LogP contribution in [0.15, 0.2) is 29.4 Å². The number of nitrogens with zero attached hydrogens (tertiary/aromatic N) is 3. The third kappa shape index (κ3) is 5.69. The lowest BCUT2D eigenvalue weighted by Gasteiger charge is -2.16. The van der Waals surface area contributed by atoms with Crippen LogP contribution in [-0.2, 0) is 16.6 Å². The minimum atomic E-state index is -3.02. The van der Waals surface area contributed by atoms with Crippen LogP contribution in [0.2, 0.25) is 0 Å². The first-order chi connectivity index (χ1) is 10.1. The van der Waals surface area contributed by atoms with E-state index < -0.39 is 10.0 Å². The van der Waals surface area contributed by atoms with Crippen molar-refractivity contribution in [1.29, 1.82) is 0 Å². The minimum absolute atomic E-state index is 0. The molecule has 0 saturated carbocycles. The lowest BCUT2D eigenvalue weighted by atomic mass is 10.3. The normalized spacial score (nSPS) is 17.8. The van der Waals surface area contributed by atoms with E-state index in [2.05, 4.69) is 20.6 Å². The zero-order valence-electron chi connectivity index (χ0n) is 12.5. The summed E-state index contributed by atoms with van der Waals surface area (Å²) in [7, 11) is -1.34. The average molecular weight is 439 g/mol. The van der Waals surface area contributed by atoms with Crippen LogP contribution < -0.4 is 10.6 Å². The number of aromatic nitrogens is 1. The van der Waals surface area contributed by atoms with Crippen molar-refractivity contribution in [3.05, 3.63) is 30.1 Å². The molecule has 0 unspecified atom stereocenters. The molecule has 0 aliphatic carbocycles. The van der Waals surface area contributed by atoms with Gasteiger partial charge in [-0.15, -0.1) is 24.0 Å². The highest BCUT2D eigenvalue weighted by atomic mass is 127. The molecule has 1 aliphatic rings. The van der Waals surface area contributed by atoms with E-state index in [1.807, 2.05) is 18.2 Å². The van der Waals surface area contributed by atoms with Gasteiger partial charge in [-0.2, -0.15) is 0 Å². The van der Waals surface area contributed by atoms with Crippen molar-refractivity contribution in [2.45, 2.75) is 13.0 Å². The van der Waals surface area contributed by atoms with Gasteiger partial charge >= 0.3 is 0 Å². The Bertz CT molecular complexity index is 579. The average Bonchev–Trinajstić information content (AvgIpc) is 2.82. The van der Waals surface area contributed by atoms with E-state index in [9.17, 15) is 8.42 Å². The van der Waals surface area contributed by atoms with Gasteiger partial charge < -0.3 is 10.6 Å². The fourth-order valence-electron chi connectivity index (χ4n) is 2.14. The number of nitrogens with one attached hydrogen (secondary N) is 2. The van der Waals surface area contributed by atoms with Crippen molar-refractivity contribution in [2.75, 3.05) is 32.4 Å². The third-order valence-corrected chi connectivity index (χ3v) is 5.20. The van der Waals surface area contributed by atoms with Crippen LogP contribution in [0.25, 0.3) is 0 Å². The van der Waals surface area contributed by atoms with Crippen molar-refractivity contribution in [1.82, 2.24) is 19.9 Å². The van der Waals surface area contributed by atoms with Crippen molar-refractivity contribution in [3.63, 3.8) is 0 Å². The smallest absolute Gasteiger partial charge is 0.214 e. The summed E-state index contributed by atoms with van der Waals surface area (Å²) in [5.74, 6) is 0.900. The second kappa shape index (κ2) is 9.26. The Balaban J connectivity index is 0.00000242. The van der Waals surface area contributed by atoms with E-state index in [0.29, 0.717) is 32.1 Å². The van der Waals surface area contributed by atoms with Gasteiger partial charge in [0.25, 0.3) is 0 Å². The van der Waals surface area contributed by atoms with Gasteiger partial charge in [0, 0.05) is 32.9 Å². The maximum atomic E-state index is 11.7. The van der Waals surface area contributed by atoms with Gasteiger partial charge in [-0.3, -0.25) is 9.98 Å². The van der Waals surface area contributed by atoms with Crippen molar-refractivity contribution >= 4 is 40.0 Å². The van der Waals surface area contributed by atoms with Gasteiger partial charge in [-0.05, 0) is 18.6 Å². The van der Waals surface area contributed by atoms with Gasteiger partial charge in [-0.1, -0.05) is 6.07 Å². The van der Waals surface area contributed by atoms with Crippen molar-refractivity contribution < 1.29 is 8.42 Å². The Kier molecular flexibility index (Phi) is 8.04. The van der Waals surface area contributed by atoms with E-state index in [-0.39, 0.29) is 29.7 Å². The van der Waals surface area contributed by atoms with Crippen LogP contribution in [0.5, 0.6) is 0 Å². The number of halogens is 1. The highest BCUT2D eigenvalue weighted by Gasteiger charge is 2.27. The minimum Gasteiger partial charge on any atom is -0.355 e. The van der Waals surface area contributed by atoms with Crippen LogP contribution in [0, 0.1) is 0 Å². The van der Waals surface area contributed by atoms with Crippen LogP contribution in [0.3, 0.4) is 0 Å². The van der Waals surface area contributed by atoms with E-state index in [4.69, 9.17) is 0 Å². The van der Waals surface area contributed by atoms with Gasteiger partial charge in [0.05, 0.1) is 18.0 Å². The van der Waals surface area contributed by atoms with Crippen LogP contribution in [-0.4, -0.2) is 56.1 Å². The molecule has 1 fully saturated rings. The molecule has 0 aromatic carbocycles. The highest BCUT2D eigenvalue weighted by Crippen LogP contribution is 2.11. The molecule has 1 aromatic rings. The fraction of sp³-hybridized carbons (Fsp3) is 0.538. The summed E-state index contributed by atoms with van der Waals surface area (Å²) in [6, 6.07) is 5.72. The van der Waals surface area contributed by atoms with E-state index in [1.54, 1.807) is 13.2 Å². The zero-order valence-corrected chi connectivity index (χ0v) is 15.7. The number of sulfonamides is 1. The van der Waals surface area contributed by atoms with Crippen LogP contribution in [0.4, 0.5) is 0 Å². The molecule has 124 valence electrons. The first kappa shape index (κ1) is 19.1. The molecule has 22 heavy (non-hydrogen) atoms. The molecule has 2 rings (SSSR count). The maximum Gasteiger partial charge on any atom is 0.214 e. The van der Waals surface area contributed by atoms with E-state index in [0.717, 1.165) is 12.1 Å². The quantitative estimate of drug-likeness (QED) is 0.394. The lowest BCUT2D eigenvalue weighted by molar-refractivity contribution is 0.445. The molecule has 1 saturated heterocycles. The molecule has 2 N–H and O–H groups in total. The molecule has 0 radical (unpaired) electrons. The monoisotopic (exact) mass is 439 g/mol. The number of hydrogen-bond acceptors (Lipinski definition) is 4. The largest absolute Gasteiger partial charge is 0.355 e. The Morgan fingerprint density at radius 3 is 2.82 bits per heavy atom. The van der Waals surface area contributed by atoms with Gasteiger partial charge in [0.1, 0.15) is 0 Å². The molecule has 0 atom stereocenters. The summed E-state index contributed by atoms with van der Waals surface area (Å²) >= 11 is 0. The van der Waals surface area contributed by atoms with Crippen LogP contribution >= 0.6 is 24.0 Å². The molecule has 0 spiro atoms. The number of rotatable bonds is 5. The van der Waals surface area contributed by atoms with Gasteiger partial charge in [-0.25, -0.2) is 12.7 Å². The fourth-order valence-corrected chi connectivity index (χ4v) is 3.67. The number of aliphatic imine (C=N–C) groups is 1. The maximum absolute atomic E-state index is 11.7. The van der Waals surface area contributed by atoms with Gasteiger partial charge in [0.15, 0.2) is 5.96 Å². The first-order valence-electron chi connectivity index (χ1n) is 6.94. The summed E-state index contributed by atoms with van der Waals surface area (Å²) in [5.41, 5.74) is 0.919. The summed E-state index contributed by atoms with van der Waals surface area (Å²) in [6.07, 6.45) is 2.46. The second-order valence-electron chi connectivity index (χ2n) is 4.74. The molecule has 1 aliphatic heterocycles. The second-order valence-corrected chi connectivity index (χ2v) is 6.83. The molecule has 1 aromatic heterocycles. The first-order valence-corrected chi connectivity index (χ1v) is 8.55. The zero-order chi connectivity index (χ0) is 15.1. The summed E-state index contributed by atoms with van der Waals surface area (Å²) in [6.45, 7) is 2.18. The van der Waals surface area contributed by atoms with E-state index >= 15 is 0 Å².